The van der Waals surface area contributed by atoms with Gasteiger partial charge in [-0.25, -0.2) is 4.98 Å². The Labute approximate surface area is 101 Å². The Morgan fingerprint density at radius 3 is 3.18 bits per heavy atom. The molecule has 0 bridgehead atoms. The molecule has 5 heteroatoms. The zero-order chi connectivity index (χ0) is 12.1. The molecule has 5 nitrogen and oxygen atoms in total. The minimum Gasteiger partial charge on any atom is -0.315 e. The number of piperidine rings is 1. The molecule has 0 spiro atoms. The van der Waals surface area contributed by atoms with Gasteiger partial charge in [-0.1, -0.05) is 6.92 Å². The lowest BCUT2D eigenvalue weighted by Crippen LogP contribution is -2.42. The van der Waals surface area contributed by atoms with E-state index in [1.807, 2.05) is 6.92 Å². The van der Waals surface area contributed by atoms with Crippen LogP contribution in [0.1, 0.15) is 31.3 Å². The molecule has 17 heavy (non-hydrogen) atoms. The van der Waals surface area contributed by atoms with Crippen molar-refractivity contribution in [3.63, 3.8) is 0 Å². The molecule has 1 aliphatic heterocycles. The number of aromatic nitrogens is 2. The van der Waals surface area contributed by atoms with E-state index in [1.165, 1.54) is 12.8 Å². The highest BCUT2D eigenvalue weighted by molar-refractivity contribution is 5.03. The normalized spacial score (nSPS) is 20.4. The Kier molecular flexibility index (Phi) is 4.28. The van der Waals surface area contributed by atoms with E-state index in [-0.39, 0.29) is 5.56 Å². The second-order valence-corrected chi connectivity index (χ2v) is 4.46. The second-order valence-electron chi connectivity index (χ2n) is 4.46. The monoisotopic (exact) mass is 236 g/mol. The van der Waals surface area contributed by atoms with Crippen molar-refractivity contribution in [2.75, 3.05) is 13.1 Å². The quantitative estimate of drug-likeness (QED) is 0.697. The van der Waals surface area contributed by atoms with Crippen LogP contribution in [0.2, 0.25) is 0 Å². The lowest BCUT2D eigenvalue weighted by atomic mass is 10.1. The van der Waals surface area contributed by atoms with Crippen molar-refractivity contribution < 1.29 is 0 Å². The first kappa shape index (κ1) is 12.3. The summed E-state index contributed by atoms with van der Waals surface area (Å²) >= 11 is 0. The van der Waals surface area contributed by atoms with Crippen molar-refractivity contribution in [3.05, 3.63) is 27.9 Å². The van der Waals surface area contributed by atoms with Crippen LogP contribution < -0.4 is 16.2 Å². The van der Waals surface area contributed by atoms with Crippen molar-refractivity contribution in [1.82, 2.24) is 20.6 Å². The molecule has 94 valence electrons. The number of nitrogens with zero attached hydrogens (tertiary/aromatic N) is 1. The first-order valence-corrected chi connectivity index (χ1v) is 6.31. The number of aromatic amines is 1. The summed E-state index contributed by atoms with van der Waals surface area (Å²) in [6.07, 6.45) is 3.16. The van der Waals surface area contributed by atoms with Crippen molar-refractivity contribution in [1.29, 1.82) is 0 Å². The predicted octanol–water partition coefficient (Wildman–Crippen LogP) is 0.174. The van der Waals surface area contributed by atoms with Gasteiger partial charge in [0, 0.05) is 31.6 Å². The van der Waals surface area contributed by atoms with E-state index in [1.54, 1.807) is 6.07 Å². The van der Waals surface area contributed by atoms with Gasteiger partial charge >= 0.3 is 0 Å². The largest absolute Gasteiger partial charge is 0.315 e. The first-order chi connectivity index (χ1) is 8.28. The zero-order valence-electron chi connectivity index (χ0n) is 10.3. The Hall–Kier alpha value is -1.20. The highest BCUT2D eigenvalue weighted by atomic mass is 16.1. The van der Waals surface area contributed by atoms with Gasteiger partial charge in [-0.15, -0.1) is 0 Å². The highest BCUT2D eigenvalue weighted by Crippen LogP contribution is 2.02. The third-order valence-corrected chi connectivity index (χ3v) is 3.05. The summed E-state index contributed by atoms with van der Waals surface area (Å²) in [5, 5.41) is 6.79. The number of hydrogen-bond acceptors (Lipinski definition) is 4. The fraction of sp³-hybridized carbons (Fsp3) is 0.667. The lowest BCUT2D eigenvalue weighted by molar-refractivity contribution is 0.387. The fourth-order valence-corrected chi connectivity index (χ4v) is 2.10. The highest BCUT2D eigenvalue weighted by Gasteiger charge is 2.12. The minimum absolute atomic E-state index is 0.0598. The van der Waals surface area contributed by atoms with Gasteiger partial charge in [-0.05, 0) is 19.4 Å². The van der Waals surface area contributed by atoms with Crippen LogP contribution in [0.5, 0.6) is 0 Å². The van der Waals surface area contributed by atoms with E-state index >= 15 is 0 Å². The lowest BCUT2D eigenvalue weighted by Gasteiger charge is -2.23. The van der Waals surface area contributed by atoms with Crippen LogP contribution in [0.4, 0.5) is 0 Å². The molecule has 0 aliphatic carbocycles. The molecule has 1 aliphatic rings. The van der Waals surface area contributed by atoms with E-state index in [2.05, 4.69) is 20.6 Å². The molecule has 2 heterocycles. The van der Waals surface area contributed by atoms with Gasteiger partial charge < -0.3 is 15.6 Å². The van der Waals surface area contributed by atoms with Crippen LogP contribution in [-0.2, 0) is 13.0 Å². The summed E-state index contributed by atoms with van der Waals surface area (Å²) in [6, 6.07) is 2.07. The van der Waals surface area contributed by atoms with Gasteiger partial charge in [0.25, 0.3) is 5.56 Å². The molecule has 3 N–H and O–H groups in total. The van der Waals surface area contributed by atoms with Crippen molar-refractivity contribution in [3.8, 4) is 0 Å². The summed E-state index contributed by atoms with van der Waals surface area (Å²) in [4.78, 5) is 18.5. The topological polar surface area (TPSA) is 69.8 Å². The smallest absolute Gasteiger partial charge is 0.251 e. The molecular weight excluding hydrogens is 216 g/mol. The minimum atomic E-state index is -0.0598. The average molecular weight is 236 g/mol. The van der Waals surface area contributed by atoms with Crippen LogP contribution in [0, 0.1) is 0 Å². The molecule has 1 unspecified atom stereocenters. The van der Waals surface area contributed by atoms with E-state index < -0.39 is 0 Å². The molecule has 1 atom stereocenters. The Balaban J connectivity index is 1.93. The summed E-state index contributed by atoms with van der Waals surface area (Å²) in [6.45, 7) is 4.77. The van der Waals surface area contributed by atoms with Crippen LogP contribution in [0.3, 0.4) is 0 Å². The Bertz CT molecular complexity index is 409. The molecule has 1 saturated heterocycles. The summed E-state index contributed by atoms with van der Waals surface area (Å²) in [7, 11) is 0. The molecule has 1 aromatic heterocycles. The van der Waals surface area contributed by atoms with Crippen LogP contribution in [0.25, 0.3) is 0 Å². The molecule has 0 aromatic carbocycles. The molecule has 0 radical (unpaired) electrons. The summed E-state index contributed by atoms with van der Waals surface area (Å²) in [5.74, 6) is 0.760. The number of aryl methyl sites for hydroxylation is 1. The average Bonchev–Trinajstić information content (AvgIpc) is 2.37. The molecule has 2 rings (SSSR count). The predicted molar refractivity (Wildman–Crippen MR) is 67.0 cm³/mol. The SMILES string of the molecule is CCc1nc(CNC2CCCNC2)cc(=O)[nH]1. The van der Waals surface area contributed by atoms with Gasteiger partial charge in [0.2, 0.25) is 0 Å². The van der Waals surface area contributed by atoms with Gasteiger partial charge in [-0.2, -0.15) is 0 Å². The number of H-pyrrole nitrogens is 1. The van der Waals surface area contributed by atoms with Crippen molar-refractivity contribution >= 4 is 0 Å². The zero-order valence-corrected chi connectivity index (χ0v) is 10.3. The van der Waals surface area contributed by atoms with E-state index in [0.29, 0.717) is 12.6 Å². The number of hydrogen-bond donors (Lipinski definition) is 3. The fourth-order valence-electron chi connectivity index (χ4n) is 2.10. The van der Waals surface area contributed by atoms with Crippen LogP contribution in [0.15, 0.2) is 10.9 Å². The van der Waals surface area contributed by atoms with Gasteiger partial charge in [0.1, 0.15) is 5.82 Å². The maximum Gasteiger partial charge on any atom is 0.251 e. The Morgan fingerprint density at radius 2 is 2.47 bits per heavy atom. The van der Waals surface area contributed by atoms with Crippen LogP contribution >= 0.6 is 0 Å². The standard InChI is InChI=1S/C12H20N4O/c1-2-11-15-10(6-12(17)16-11)8-14-9-4-3-5-13-7-9/h6,9,13-14H,2-5,7-8H2,1H3,(H,15,16,17). The van der Waals surface area contributed by atoms with Gasteiger partial charge in [0.15, 0.2) is 0 Å². The van der Waals surface area contributed by atoms with Crippen LogP contribution in [-0.4, -0.2) is 29.1 Å². The summed E-state index contributed by atoms with van der Waals surface area (Å²) in [5.41, 5.74) is 0.770. The second kappa shape index (κ2) is 5.93. The number of nitrogens with one attached hydrogen (secondary N) is 3. The maximum atomic E-state index is 11.4. The first-order valence-electron chi connectivity index (χ1n) is 6.31. The Morgan fingerprint density at radius 1 is 1.59 bits per heavy atom. The van der Waals surface area contributed by atoms with E-state index in [4.69, 9.17) is 0 Å². The maximum absolute atomic E-state index is 11.4. The molecule has 1 aromatic rings. The third kappa shape index (κ3) is 3.64. The number of rotatable bonds is 4. The summed E-state index contributed by atoms with van der Waals surface area (Å²) < 4.78 is 0. The van der Waals surface area contributed by atoms with Gasteiger partial charge in [0.05, 0.1) is 5.69 Å². The molecule has 0 saturated carbocycles. The van der Waals surface area contributed by atoms with Crippen molar-refractivity contribution in [2.45, 2.75) is 38.8 Å². The molecule has 1 fully saturated rings. The van der Waals surface area contributed by atoms with E-state index in [0.717, 1.165) is 31.0 Å². The van der Waals surface area contributed by atoms with Gasteiger partial charge in [-0.3, -0.25) is 4.79 Å². The third-order valence-electron chi connectivity index (χ3n) is 3.05. The molecular formula is C12H20N4O. The molecule has 0 amide bonds. The van der Waals surface area contributed by atoms with Crippen molar-refractivity contribution in [2.24, 2.45) is 0 Å². The van der Waals surface area contributed by atoms with E-state index in [9.17, 15) is 4.79 Å².